The molecule has 0 radical (unpaired) electrons. The molecular weight excluding hydrogens is 416 g/mol. The molecule has 0 spiro atoms. The van der Waals surface area contributed by atoms with Crippen molar-refractivity contribution < 1.29 is 9.59 Å². The number of amides is 2. The van der Waals surface area contributed by atoms with Crippen molar-refractivity contribution in [2.45, 2.75) is 52.1 Å². The molecule has 1 saturated heterocycles. The van der Waals surface area contributed by atoms with Crippen LogP contribution in [-0.2, 0) is 24.3 Å². The Bertz CT molecular complexity index is 1190. The van der Waals surface area contributed by atoms with Crippen LogP contribution in [0.15, 0.2) is 42.6 Å². The molecule has 0 saturated carbocycles. The molecule has 2 aliphatic rings. The highest BCUT2D eigenvalue weighted by molar-refractivity contribution is 6.00. The summed E-state index contributed by atoms with van der Waals surface area (Å²) in [5.74, 6) is 1.47. The Morgan fingerprint density at radius 1 is 1.15 bits per heavy atom. The molecule has 2 aliphatic heterocycles. The lowest BCUT2D eigenvalue weighted by molar-refractivity contribution is -0.117. The Balaban J connectivity index is 1.39. The van der Waals surface area contributed by atoms with Gasteiger partial charge in [-0.1, -0.05) is 30.3 Å². The number of fused-ring (bicyclic) bond motifs is 1. The maximum absolute atomic E-state index is 13.0. The minimum Gasteiger partial charge on any atom is -0.337 e. The SMILES string of the molecule is CCn1ccc(C(=O)N2CCCC(c3nc(C)c4c(n3)N(Cc3ccccc3)C(=O)C4)C2)n1. The largest absolute Gasteiger partial charge is 0.337 e. The van der Waals surface area contributed by atoms with Gasteiger partial charge in [-0.2, -0.15) is 5.10 Å². The van der Waals surface area contributed by atoms with Crippen LogP contribution in [0.1, 0.15) is 58.8 Å². The van der Waals surface area contributed by atoms with E-state index in [1.54, 1.807) is 15.6 Å². The van der Waals surface area contributed by atoms with Crippen LogP contribution in [0.2, 0.25) is 0 Å². The van der Waals surface area contributed by atoms with Gasteiger partial charge in [-0.05, 0) is 38.3 Å². The number of carbonyl (C=O) groups excluding carboxylic acids is 2. The van der Waals surface area contributed by atoms with Crippen molar-refractivity contribution in [3.8, 4) is 0 Å². The number of anilines is 1. The summed E-state index contributed by atoms with van der Waals surface area (Å²) in [5.41, 5.74) is 3.30. The first-order valence-corrected chi connectivity index (χ1v) is 11.6. The van der Waals surface area contributed by atoms with Crippen molar-refractivity contribution in [3.05, 3.63) is 70.9 Å². The Labute approximate surface area is 193 Å². The van der Waals surface area contributed by atoms with Gasteiger partial charge in [0.05, 0.1) is 13.0 Å². The summed E-state index contributed by atoms with van der Waals surface area (Å²) in [6.07, 6.45) is 3.97. The summed E-state index contributed by atoms with van der Waals surface area (Å²) in [7, 11) is 0. The first-order valence-electron chi connectivity index (χ1n) is 11.6. The van der Waals surface area contributed by atoms with Gasteiger partial charge in [0.1, 0.15) is 17.3 Å². The normalized spacial score (nSPS) is 18.0. The van der Waals surface area contributed by atoms with Crippen molar-refractivity contribution >= 4 is 17.6 Å². The van der Waals surface area contributed by atoms with Crippen LogP contribution in [-0.4, -0.2) is 49.6 Å². The van der Waals surface area contributed by atoms with Crippen molar-refractivity contribution in [1.29, 1.82) is 0 Å². The Hall–Kier alpha value is -3.55. The molecular formula is C25H28N6O2. The van der Waals surface area contributed by atoms with E-state index in [0.29, 0.717) is 31.7 Å². The van der Waals surface area contributed by atoms with Gasteiger partial charge in [0.15, 0.2) is 0 Å². The Morgan fingerprint density at radius 2 is 1.97 bits per heavy atom. The van der Waals surface area contributed by atoms with E-state index in [-0.39, 0.29) is 17.7 Å². The van der Waals surface area contributed by atoms with Gasteiger partial charge < -0.3 is 4.90 Å². The summed E-state index contributed by atoms with van der Waals surface area (Å²) >= 11 is 0. The van der Waals surface area contributed by atoms with E-state index in [1.165, 1.54) is 0 Å². The van der Waals surface area contributed by atoms with E-state index < -0.39 is 0 Å². The lowest BCUT2D eigenvalue weighted by atomic mass is 9.96. The highest BCUT2D eigenvalue weighted by Crippen LogP contribution is 2.33. The van der Waals surface area contributed by atoms with Gasteiger partial charge in [-0.25, -0.2) is 9.97 Å². The average molecular weight is 445 g/mol. The molecule has 1 aromatic carbocycles. The van der Waals surface area contributed by atoms with Gasteiger partial charge in [0, 0.05) is 43.0 Å². The predicted molar refractivity (Wildman–Crippen MR) is 124 cm³/mol. The van der Waals surface area contributed by atoms with Crippen LogP contribution >= 0.6 is 0 Å². The predicted octanol–water partition coefficient (Wildman–Crippen LogP) is 3.11. The van der Waals surface area contributed by atoms with Crippen LogP contribution in [0.3, 0.4) is 0 Å². The van der Waals surface area contributed by atoms with Crippen molar-refractivity contribution in [3.63, 3.8) is 0 Å². The summed E-state index contributed by atoms with van der Waals surface area (Å²) in [6, 6.07) is 11.7. The molecule has 4 heterocycles. The minimum atomic E-state index is -0.0503. The molecule has 33 heavy (non-hydrogen) atoms. The van der Waals surface area contributed by atoms with Crippen molar-refractivity contribution in [2.24, 2.45) is 0 Å². The third kappa shape index (κ3) is 4.13. The van der Waals surface area contributed by atoms with E-state index in [4.69, 9.17) is 9.97 Å². The van der Waals surface area contributed by atoms with Crippen LogP contribution in [0.25, 0.3) is 0 Å². The quantitative estimate of drug-likeness (QED) is 0.604. The standard InChI is InChI=1S/C25H28N6O2/c1-3-30-13-11-21(28-30)25(33)29-12-7-10-19(16-29)23-26-17(2)20-14-22(32)31(24(20)27-23)15-18-8-5-4-6-9-18/h4-6,8-9,11,13,19H,3,7,10,12,14-16H2,1-2H3. The number of likely N-dealkylation sites (tertiary alicyclic amines) is 1. The molecule has 1 unspecified atom stereocenters. The lowest BCUT2D eigenvalue weighted by Gasteiger charge is -2.32. The first-order chi connectivity index (χ1) is 16.0. The Morgan fingerprint density at radius 3 is 2.73 bits per heavy atom. The average Bonchev–Trinajstić information content (AvgIpc) is 3.45. The molecule has 1 fully saturated rings. The highest BCUT2D eigenvalue weighted by atomic mass is 16.2. The van der Waals surface area contributed by atoms with Gasteiger partial charge in [-0.15, -0.1) is 0 Å². The number of hydrogen-bond acceptors (Lipinski definition) is 5. The zero-order valence-corrected chi connectivity index (χ0v) is 19.1. The van der Waals surface area contributed by atoms with Crippen LogP contribution < -0.4 is 4.90 Å². The second kappa shape index (κ2) is 8.77. The number of aromatic nitrogens is 4. The number of piperidine rings is 1. The fourth-order valence-electron chi connectivity index (χ4n) is 4.69. The van der Waals surface area contributed by atoms with Gasteiger partial charge in [0.25, 0.3) is 5.91 Å². The molecule has 2 aromatic heterocycles. The van der Waals surface area contributed by atoms with Gasteiger partial charge in [-0.3, -0.25) is 19.2 Å². The molecule has 0 bridgehead atoms. The number of rotatable bonds is 5. The number of carbonyl (C=O) groups is 2. The van der Waals surface area contributed by atoms with E-state index >= 15 is 0 Å². The fourth-order valence-corrected chi connectivity index (χ4v) is 4.69. The second-order valence-electron chi connectivity index (χ2n) is 8.76. The van der Waals surface area contributed by atoms with Gasteiger partial charge in [0.2, 0.25) is 5.91 Å². The number of aryl methyl sites for hydroxylation is 2. The summed E-state index contributed by atoms with van der Waals surface area (Å²) in [6.45, 7) is 6.44. The number of nitrogens with zero attached hydrogens (tertiary/aromatic N) is 6. The monoisotopic (exact) mass is 444 g/mol. The van der Waals surface area contributed by atoms with Gasteiger partial charge >= 0.3 is 0 Å². The molecule has 0 N–H and O–H groups in total. The van der Waals surface area contributed by atoms with Crippen LogP contribution in [0.5, 0.6) is 0 Å². The molecule has 8 heteroatoms. The maximum atomic E-state index is 13.0. The van der Waals surface area contributed by atoms with Crippen LogP contribution in [0, 0.1) is 6.92 Å². The Kier molecular flexibility index (Phi) is 5.66. The molecule has 1 atom stereocenters. The second-order valence-corrected chi connectivity index (χ2v) is 8.76. The minimum absolute atomic E-state index is 0.0363. The zero-order valence-electron chi connectivity index (χ0n) is 19.1. The van der Waals surface area contributed by atoms with Crippen LogP contribution in [0.4, 0.5) is 5.82 Å². The van der Waals surface area contributed by atoms with E-state index in [2.05, 4.69) is 5.10 Å². The molecule has 5 rings (SSSR count). The number of hydrogen-bond donors (Lipinski definition) is 0. The zero-order chi connectivity index (χ0) is 22.9. The molecule has 3 aromatic rings. The fraction of sp³-hybridized carbons (Fsp3) is 0.400. The van der Waals surface area contributed by atoms with E-state index in [9.17, 15) is 9.59 Å². The van der Waals surface area contributed by atoms with Crippen molar-refractivity contribution in [1.82, 2.24) is 24.6 Å². The van der Waals surface area contributed by atoms with Crippen molar-refractivity contribution in [2.75, 3.05) is 18.0 Å². The molecule has 2 amide bonds. The lowest BCUT2D eigenvalue weighted by Crippen LogP contribution is -2.40. The topological polar surface area (TPSA) is 84.2 Å². The molecule has 8 nitrogen and oxygen atoms in total. The third-order valence-corrected chi connectivity index (χ3v) is 6.54. The molecule has 0 aliphatic carbocycles. The summed E-state index contributed by atoms with van der Waals surface area (Å²) in [5, 5.41) is 4.37. The maximum Gasteiger partial charge on any atom is 0.274 e. The third-order valence-electron chi connectivity index (χ3n) is 6.54. The highest BCUT2D eigenvalue weighted by Gasteiger charge is 2.34. The number of benzene rings is 1. The summed E-state index contributed by atoms with van der Waals surface area (Å²) < 4.78 is 1.76. The molecule has 170 valence electrons. The summed E-state index contributed by atoms with van der Waals surface area (Å²) in [4.78, 5) is 39.1. The smallest absolute Gasteiger partial charge is 0.274 e. The first kappa shape index (κ1) is 21.3. The van der Waals surface area contributed by atoms with E-state index in [0.717, 1.165) is 47.8 Å². The van der Waals surface area contributed by atoms with E-state index in [1.807, 2.05) is 55.3 Å².